The predicted octanol–water partition coefficient (Wildman–Crippen LogP) is 5.44. The monoisotopic (exact) mass is 420 g/mol. The van der Waals surface area contributed by atoms with Crippen LogP contribution in [0, 0.1) is 0 Å². The highest BCUT2D eigenvalue weighted by Gasteiger charge is 2.36. The van der Waals surface area contributed by atoms with E-state index in [1.54, 1.807) is 12.3 Å². The number of amides is 1. The number of nitrogens with two attached hydrogens (primary N) is 1. The molecule has 4 rings (SSSR count). The van der Waals surface area contributed by atoms with Crippen molar-refractivity contribution in [3.63, 3.8) is 0 Å². The van der Waals surface area contributed by atoms with Crippen molar-refractivity contribution in [2.45, 2.75) is 89.8 Å². The molecule has 4 atom stereocenters. The second kappa shape index (κ2) is 9.39. The number of carbonyl (C=O) groups is 1. The van der Waals surface area contributed by atoms with Crippen LogP contribution >= 0.6 is 0 Å². The summed E-state index contributed by atoms with van der Waals surface area (Å²) in [7, 11) is 0. The summed E-state index contributed by atoms with van der Waals surface area (Å²) in [5.41, 5.74) is 10.3. The number of fused-ring (bicyclic) bond motifs is 1. The third-order valence-electron chi connectivity index (χ3n) is 7.22. The lowest BCUT2D eigenvalue weighted by Crippen LogP contribution is -2.46. The highest BCUT2D eigenvalue weighted by molar-refractivity contribution is 5.99. The number of anilines is 2. The molecule has 1 aromatic carbocycles. The Hall–Kier alpha value is -2.40. The average molecular weight is 421 g/mol. The zero-order chi connectivity index (χ0) is 22.0. The van der Waals surface area contributed by atoms with Gasteiger partial charge in [0.1, 0.15) is 5.82 Å². The van der Waals surface area contributed by atoms with Gasteiger partial charge in [-0.3, -0.25) is 9.69 Å². The van der Waals surface area contributed by atoms with Crippen LogP contribution < -0.4 is 11.1 Å². The van der Waals surface area contributed by atoms with Gasteiger partial charge in [0.2, 0.25) is 5.91 Å². The largest absolute Gasteiger partial charge is 0.384 e. The standard InChI is InChI=1S/C26H36N4O/c1-4-5-12-24(30-17(2)8-6-9-18(30)3)20-10-7-11-23-22(20)15-21(26(31)29-23)19-13-14-25(27)28-16-19/h7,10-11,13-14,16-18,21,24H,4-6,8-9,12,15H2,1-3H3,(H2,27,28)(H,29,31). The van der Waals surface area contributed by atoms with Crippen LogP contribution in [0.2, 0.25) is 0 Å². The van der Waals surface area contributed by atoms with E-state index in [1.165, 1.54) is 43.2 Å². The summed E-state index contributed by atoms with van der Waals surface area (Å²) in [6, 6.07) is 11.7. The van der Waals surface area contributed by atoms with E-state index in [0.717, 1.165) is 17.7 Å². The number of nitrogen functional groups attached to an aromatic ring is 1. The van der Waals surface area contributed by atoms with Crippen LogP contribution in [0.5, 0.6) is 0 Å². The summed E-state index contributed by atoms with van der Waals surface area (Å²) >= 11 is 0. The van der Waals surface area contributed by atoms with Crippen molar-refractivity contribution in [3.05, 3.63) is 53.2 Å². The summed E-state index contributed by atoms with van der Waals surface area (Å²) in [5.74, 6) is 0.291. The third-order valence-corrected chi connectivity index (χ3v) is 7.22. The van der Waals surface area contributed by atoms with E-state index in [4.69, 9.17) is 5.73 Å². The maximum Gasteiger partial charge on any atom is 0.232 e. The maximum atomic E-state index is 12.9. The fourth-order valence-corrected chi connectivity index (χ4v) is 5.59. The molecule has 0 spiro atoms. The molecule has 166 valence electrons. The van der Waals surface area contributed by atoms with E-state index in [1.807, 2.05) is 12.1 Å². The number of aromatic nitrogens is 1. The Kier molecular flexibility index (Phi) is 6.61. The molecule has 0 radical (unpaired) electrons. The minimum atomic E-state index is -0.232. The molecule has 0 saturated carbocycles. The Morgan fingerprint density at radius 2 is 1.97 bits per heavy atom. The first kappa shape index (κ1) is 21.8. The molecule has 3 heterocycles. The van der Waals surface area contributed by atoms with Crippen LogP contribution in [-0.2, 0) is 11.2 Å². The number of hydrogen-bond donors (Lipinski definition) is 2. The maximum absolute atomic E-state index is 12.9. The molecule has 2 aliphatic rings. The van der Waals surface area contributed by atoms with Gasteiger partial charge < -0.3 is 11.1 Å². The van der Waals surface area contributed by atoms with Crippen molar-refractivity contribution in [2.24, 2.45) is 0 Å². The SMILES string of the molecule is CCCCC(c1cccc2c1CC(c1ccc(N)nc1)C(=O)N2)N1C(C)CCCC1C. The van der Waals surface area contributed by atoms with E-state index in [-0.39, 0.29) is 11.8 Å². The first-order chi connectivity index (χ1) is 15.0. The molecular formula is C26H36N4O. The number of pyridine rings is 1. The highest BCUT2D eigenvalue weighted by atomic mass is 16.1. The molecule has 1 aromatic heterocycles. The number of carbonyl (C=O) groups excluding carboxylic acids is 1. The van der Waals surface area contributed by atoms with E-state index >= 15 is 0 Å². The Bertz CT molecular complexity index is 900. The van der Waals surface area contributed by atoms with Gasteiger partial charge in [0.25, 0.3) is 0 Å². The number of likely N-dealkylation sites (tertiary alicyclic amines) is 1. The average Bonchev–Trinajstić information content (AvgIpc) is 2.75. The number of nitrogens with one attached hydrogen (secondary N) is 1. The summed E-state index contributed by atoms with van der Waals surface area (Å²) in [4.78, 5) is 19.9. The molecule has 31 heavy (non-hydrogen) atoms. The van der Waals surface area contributed by atoms with Gasteiger partial charge >= 0.3 is 0 Å². The van der Waals surface area contributed by atoms with Gasteiger partial charge in [-0.05, 0) is 68.4 Å². The van der Waals surface area contributed by atoms with Gasteiger partial charge in [-0.2, -0.15) is 0 Å². The van der Waals surface area contributed by atoms with Gasteiger partial charge in [-0.15, -0.1) is 0 Å². The van der Waals surface area contributed by atoms with Crippen molar-refractivity contribution in [3.8, 4) is 0 Å². The molecule has 2 aromatic rings. The van der Waals surface area contributed by atoms with E-state index in [9.17, 15) is 4.79 Å². The topological polar surface area (TPSA) is 71.2 Å². The smallest absolute Gasteiger partial charge is 0.232 e. The Balaban J connectivity index is 1.72. The van der Waals surface area contributed by atoms with Gasteiger partial charge in [-0.1, -0.05) is 44.4 Å². The Morgan fingerprint density at radius 3 is 2.65 bits per heavy atom. The first-order valence-corrected chi connectivity index (χ1v) is 11.9. The number of hydrogen-bond acceptors (Lipinski definition) is 4. The lowest BCUT2D eigenvalue weighted by Gasteiger charge is -2.45. The zero-order valence-corrected chi connectivity index (χ0v) is 19.1. The van der Waals surface area contributed by atoms with Gasteiger partial charge in [-0.25, -0.2) is 4.98 Å². The fourth-order valence-electron chi connectivity index (χ4n) is 5.59. The van der Waals surface area contributed by atoms with Crippen LogP contribution in [-0.4, -0.2) is 27.9 Å². The molecule has 0 aliphatic carbocycles. The normalized spacial score (nSPS) is 25.0. The minimum absolute atomic E-state index is 0.0426. The van der Waals surface area contributed by atoms with E-state index in [0.29, 0.717) is 30.4 Å². The van der Waals surface area contributed by atoms with E-state index in [2.05, 4.69) is 48.1 Å². The van der Waals surface area contributed by atoms with Gasteiger partial charge in [0, 0.05) is 30.0 Å². The Morgan fingerprint density at radius 1 is 1.19 bits per heavy atom. The number of benzene rings is 1. The molecule has 5 heteroatoms. The summed E-state index contributed by atoms with van der Waals surface area (Å²) in [6.07, 6.45) is 9.86. The van der Waals surface area contributed by atoms with Crippen molar-refractivity contribution in [2.75, 3.05) is 11.1 Å². The summed E-state index contributed by atoms with van der Waals surface area (Å²) in [6.45, 7) is 7.04. The van der Waals surface area contributed by atoms with Gasteiger partial charge in [0.15, 0.2) is 0 Å². The molecule has 0 bridgehead atoms. The lowest BCUT2D eigenvalue weighted by atomic mass is 9.82. The molecule has 5 nitrogen and oxygen atoms in total. The van der Waals surface area contributed by atoms with Crippen molar-refractivity contribution in [1.82, 2.24) is 9.88 Å². The summed E-state index contributed by atoms with van der Waals surface area (Å²) < 4.78 is 0. The Labute approximate surface area is 186 Å². The van der Waals surface area contributed by atoms with Crippen LogP contribution in [0.1, 0.15) is 87.9 Å². The second-order valence-electron chi connectivity index (χ2n) is 9.37. The molecule has 2 aliphatic heterocycles. The molecule has 1 fully saturated rings. The minimum Gasteiger partial charge on any atom is -0.384 e. The van der Waals surface area contributed by atoms with Crippen molar-refractivity contribution >= 4 is 17.4 Å². The van der Waals surface area contributed by atoms with Crippen LogP contribution in [0.4, 0.5) is 11.5 Å². The number of unbranched alkanes of at least 4 members (excludes halogenated alkanes) is 1. The number of rotatable bonds is 6. The van der Waals surface area contributed by atoms with Crippen LogP contribution in [0.3, 0.4) is 0 Å². The zero-order valence-electron chi connectivity index (χ0n) is 19.1. The van der Waals surface area contributed by atoms with Gasteiger partial charge in [0.05, 0.1) is 5.92 Å². The summed E-state index contributed by atoms with van der Waals surface area (Å²) in [5, 5.41) is 3.18. The quantitative estimate of drug-likeness (QED) is 0.653. The molecular weight excluding hydrogens is 384 g/mol. The fraction of sp³-hybridized carbons (Fsp3) is 0.538. The van der Waals surface area contributed by atoms with Crippen LogP contribution in [0.15, 0.2) is 36.5 Å². The molecule has 1 amide bonds. The molecule has 1 saturated heterocycles. The van der Waals surface area contributed by atoms with E-state index < -0.39 is 0 Å². The van der Waals surface area contributed by atoms with Crippen LogP contribution in [0.25, 0.3) is 0 Å². The predicted molar refractivity (Wildman–Crippen MR) is 127 cm³/mol. The third kappa shape index (κ3) is 4.47. The lowest BCUT2D eigenvalue weighted by molar-refractivity contribution is -0.117. The number of piperidine rings is 1. The highest BCUT2D eigenvalue weighted by Crippen LogP contribution is 2.41. The van der Waals surface area contributed by atoms with Crippen molar-refractivity contribution in [1.29, 1.82) is 0 Å². The number of nitrogens with zero attached hydrogens (tertiary/aromatic N) is 2. The first-order valence-electron chi connectivity index (χ1n) is 11.9. The van der Waals surface area contributed by atoms with Crippen molar-refractivity contribution < 1.29 is 4.79 Å². The molecule has 3 N–H and O–H groups in total. The second-order valence-corrected chi connectivity index (χ2v) is 9.37. The molecule has 4 unspecified atom stereocenters.